The van der Waals surface area contributed by atoms with E-state index in [9.17, 15) is 26.7 Å². The number of hydrogen-bond donors (Lipinski definition) is 3. The fraction of sp³-hybridized carbons (Fsp3) is 0.200. The van der Waals surface area contributed by atoms with Crippen molar-refractivity contribution in [1.29, 1.82) is 0 Å². The van der Waals surface area contributed by atoms with Gasteiger partial charge in [0.1, 0.15) is 0 Å². The Morgan fingerprint density at radius 1 is 0.865 bits per heavy atom. The molecule has 0 amide bonds. The van der Waals surface area contributed by atoms with Gasteiger partial charge in [0.05, 0.1) is 39.1 Å². The number of sulfone groups is 2. The Morgan fingerprint density at radius 2 is 1.46 bits per heavy atom. The predicted octanol–water partition coefficient (Wildman–Crippen LogP) is 3.57. The number of carboxylic acid groups (broad SMARTS) is 1. The summed E-state index contributed by atoms with van der Waals surface area (Å²) >= 11 is 1.58. The lowest BCUT2D eigenvalue weighted by Gasteiger charge is -2.16. The van der Waals surface area contributed by atoms with Gasteiger partial charge in [-0.3, -0.25) is 20.6 Å². The minimum Gasteiger partial charge on any atom is -0.481 e. The molecule has 1 unspecified atom stereocenters. The van der Waals surface area contributed by atoms with Gasteiger partial charge in [0, 0.05) is 11.7 Å². The lowest BCUT2D eigenvalue weighted by Crippen LogP contribution is -2.25. The van der Waals surface area contributed by atoms with Gasteiger partial charge in [0.2, 0.25) is 9.84 Å². The van der Waals surface area contributed by atoms with Gasteiger partial charge in [0.25, 0.3) is 0 Å². The van der Waals surface area contributed by atoms with Gasteiger partial charge in [-0.15, -0.1) is 0 Å². The van der Waals surface area contributed by atoms with Crippen LogP contribution in [0.2, 0.25) is 0 Å². The van der Waals surface area contributed by atoms with Gasteiger partial charge in [-0.2, -0.15) is 0 Å². The summed E-state index contributed by atoms with van der Waals surface area (Å²) in [6.45, 7) is 0.752. The summed E-state index contributed by atoms with van der Waals surface area (Å²) in [6.07, 6.45) is -0.344. The molecule has 37 heavy (non-hydrogen) atoms. The summed E-state index contributed by atoms with van der Waals surface area (Å²) in [5.41, 5.74) is 7.20. The van der Waals surface area contributed by atoms with Crippen molar-refractivity contribution in [2.75, 3.05) is 23.5 Å². The van der Waals surface area contributed by atoms with Gasteiger partial charge in [-0.05, 0) is 54.1 Å². The predicted molar refractivity (Wildman–Crippen MR) is 143 cm³/mol. The first-order chi connectivity index (χ1) is 17.6. The molecule has 3 aromatic carbocycles. The normalized spacial score (nSPS) is 14.5. The van der Waals surface area contributed by atoms with E-state index in [1.807, 2.05) is 0 Å². The molecule has 0 fully saturated rings. The second kappa shape index (κ2) is 11.4. The second-order valence-electron chi connectivity index (χ2n) is 8.27. The van der Waals surface area contributed by atoms with Crippen molar-refractivity contribution in [3.05, 3.63) is 84.4 Å². The third-order valence-corrected chi connectivity index (χ3v) is 10.2. The van der Waals surface area contributed by atoms with Gasteiger partial charge in [0.15, 0.2) is 15.0 Å². The second-order valence-corrected chi connectivity index (χ2v) is 13.3. The number of hydrazine groups is 1. The van der Waals surface area contributed by atoms with Crippen molar-refractivity contribution in [3.63, 3.8) is 0 Å². The van der Waals surface area contributed by atoms with Gasteiger partial charge >= 0.3 is 5.97 Å². The first-order valence-electron chi connectivity index (χ1n) is 11.3. The van der Waals surface area contributed by atoms with Crippen molar-refractivity contribution in [2.45, 2.75) is 27.0 Å². The quantitative estimate of drug-likeness (QED) is 0.318. The van der Waals surface area contributed by atoms with Crippen molar-refractivity contribution >= 4 is 48.3 Å². The van der Waals surface area contributed by atoms with Crippen molar-refractivity contribution in [2.24, 2.45) is 4.99 Å². The Labute approximate surface area is 219 Å². The molecule has 1 aliphatic heterocycles. The van der Waals surface area contributed by atoms with E-state index in [0.717, 1.165) is 17.5 Å². The maximum absolute atomic E-state index is 13.1. The number of rotatable bonds is 10. The molecule has 1 heterocycles. The summed E-state index contributed by atoms with van der Waals surface area (Å²) in [5, 5.41) is 10.0. The van der Waals surface area contributed by atoms with E-state index in [4.69, 9.17) is 0 Å². The zero-order valence-electron chi connectivity index (χ0n) is 19.6. The Balaban J connectivity index is 1.48. The fourth-order valence-electron chi connectivity index (χ4n) is 3.79. The molecule has 0 radical (unpaired) electrons. The number of nitrogens with one attached hydrogen (secondary N) is 2. The van der Waals surface area contributed by atoms with Crippen molar-refractivity contribution < 1.29 is 26.7 Å². The molecule has 3 aromatic rings. The Bertz CT molecular complexity index is 1490. The molecular weight excluding hydrogens is 534 g/mol. The largest absolute Gasteiger partial charge is 0.481 e. The summed E-state index contributed by atoms with van der Waals surface area (Å²) in [4.78, 5) is 15.5. The van der Waals surface area contributed by atoms with Crippen molar-refractivity contribution in [1.82, 2.24) is 5.43 Å². The molecule has 9 nitrogen and oxygen atoms in total. The zero-order chi connectivity index (χ0) is 26.5. The number of anilines is 1. The molecule has 1 atom stereocenters. The maximum Gasteiger partial charge on any atom is 0.303 e. The van der Waals surface area contributed by atoms with Crippen LogP contribution < -0.4 is 10.9 Å². The third kappa shape index (κ3) is 6.70. The van der Waals surface area contributed by atoms with Gasteiger partial charge in [-0.25, -0.2) is 16.8 Å². The third-order valence-electron chi connectivity index (χ3n) is 5.67. The number of hydrogen-bond acceptors (Lipinski definition) is 9. The molecule has 1 aliphatic rings. The number of carboxylic acids is 1. The summed E-state index contributed by atoms with van der Waals surface area (Å²) in [5.74, 6) is -1.35. The lowest BCUT2D eigenvalue weighted by molar-refractivity contribution is -0.137. The van der Waals surface area contributed by atoms with Crippen LogP contribution in [-0.4, -0.2) is 51.1 Å². The van der Waals surface area contributed by atoms with Crippen LogP contribution in [0.5, 0.6) is 0 Å². The van der Waals surface area contributed by atoms with Gasteiger partial charge in [-0.1, -0.05) is 42.1 Å². The summed E-state index contributed by atoms with van der Waals surface area (Å²) < 4.78 is 52.3. The Hall–Kier alpha value is -3.35. The average molecular weight is 560 g/mol. The van der Waals surface area contributed by atoms with E-state index < -0.39 is 37.3 Å². The first kappa shape index (κ1) is 26.7. The SMILES string of the molecule is O=C(O)CC(CS(=O)(=O)c1ccc(S(=O)(=O)c2ccc(NNC3=NCCS3)cc2)cc1)c1ccccc1. The number of nitrogens with zero attached hydrogens (tertiary/aromatic N) is 1. The monoisotopic (exact) mass is 559 g/mol. The van der Waals surface area contributed by atoms with Crippen LogP contribution in [0.1, 0.15) is 17.9 Å². The van der Waals surface area contributed by atoms with Crippen LogP contribution >= 0.6 is 11.8 Å². The van der Waals surface area contributed by atoms with Crippen LogP contribution in [0.3, 0.4) is 0 Å². The van der Waals surface area contributed by atoms with E-state index in [-0.39, 0.29) is 21.1 Å². The highest BCUT2D eigenvalue weighted by Gasteiger charge is 2.26. The summed E-state index contributed by atoms with van der Waals surface area (Å²) in [7, 11) is -7.76. The number of benzene rings is 3. The van der Waals surface area contributed by atoms with E-state index in [2.05, 4.69) is 15.8 Å². The molecule has 0 saturated carbocycles. The van der Waals surface area contributed by atoms with Crippen LogP contribution in [-0.2, 0) is 24.5 Å². The lowest BCUT2D eigenvalue weighted by atomic mass is 9.98. The molecule has 0 aromatic heterocycles. The van der Waals surface area contributed by atoms with E-state index >= 15 is 0 Å². The van der Waals surface area contributed by atoms with Gasteiger partial charge < -0.3 is 5.11 Å². The van der Waals surface area contributed by atoms with Crippen LogP contribution in [0.25, 0.3) is 0 Å². The Morgan fingerprint density at radius 3 is 2.03 bits per heavy atom. The molecule has 0 spiro atoms. The Kier molecular flexibility index (Phi) is 8.20. The highest BCUT2D eigenvalue weighted by Crippen LogP contribution is 2.27. The number of amidine groups is 1. The van der Waals surface area contributed by atoms with E-state index in [0.29, 0.717) is 11.3 Å². The maximum atomic E-state index is 13.1. The minimum atomic E-state index is -3.88. The number of aliphatic carboxylic acids is 1. The molecule has 12 heteroatoms. The average Bonchev–Trinajstić information content (AvgIpc) is 3.41. The van der Waals surface area contributed by atoms with E-state index in [1.165, 1.54) is 36.4 Å². The van der Waals surface area contributed by atoms with Crippen LogP contribution in [0, 0.1) is 0 Å². The smallest absolute Gasteiger partial charge is 0.303 e. The molecule has 194 valence electrons. The minimum absolute atomic E-state index is 0.0489. The highest BCUT2D eigenvalue weighted by atomic mass is 32.2. The van der Waals surface area contributed by atoms with Crippen LogP contribution in [0.4, 0.5) is 5.69 Å². The number of aliphatic imine (C=N–C) groups is 1. The standard InChI is InChI=1S/C25H25N3O6S3/c29-24(30)16-19(18-4-2-1-3-5-18)17-36(31,32)21-10-12-23(13-11-21)37(33,34)22-8-6-20(7-9-22)27-28-25-26-14-15-35-25/h1-13,19,27H,14-17H2,(H,26,28)(H,29,30). The molecule has 0 bridgehead atoms. The first-order valence-corrected chi connectivity index (χ1v) is 15.4. The molecular formula is C25H25N3O6S3. The van der Waals surface area contributed by atoms with Crippen molar-refractivity contribution in [3.8, 4) is 0 Å². The van der Waals surface area contributed by atoms with E-state index in [1.54, 1.807) is 54.2 Å². The molecule has 4 rings (SSSR count). The zero-order valence-corrected chi connectivity index (χ0v) is 22.0. The summed E-state index contributed by atoms with van der Waals surface area (Å²) in [6, 6.07) is 19.7. The molecule has 3 N–H and O–H groups in total. The molecule has 0 aliphatic carbocycles. The topological polar surface area (TPSA) is 142 Å². The fourth-order valence-corrected chi connectivity index (χ4v) is 7.31. The number of carbonyl (C=O) groups is 1. The number of thioether (sulfide) groups is 1. The molecule has 0 saturated heterocycles. The van der Waals surface area contributed by atoms with Crippen LogP contribution in [0.15, 0.2) is 98.5 Å². The highest BCUT2D eigenvalue weighted by molar-refractivity contribution is 8.14.